The second kappa shape index (κ2) is 21.4. The number of hydrogen-bond donors (Lipinski definition) is 1. The topological polar surface area (TPSA) is 70.7 Å². The first kappa shape index (κ1) is 34.3. The third-order valence-corrected chi connectivity index (χ3v) is 14.7. The molecule has 1 unspecified atom stereocenters. The van der Waals surface area contributed by atoms with Crippen LogP contribution in [0.4, 0.5) is 0 Å². The monoisotopic (exact) mass is 538 g/mol. The van der Waals surface area contributed by atoms with Crippen molar-refractivity contribution in [1.82, 2.24) is 10.2 Å². The van der Waals surface area contributed by atoms with E-state index in [1.165, 1.54) is 38.6 Å². The van der Waals surface area contributed by atoms with Crippen molar-refractivity contribution in [2.24, 2.45) is 0 Å². The van der Waals surface area contributed by atoms with Gasteiger partial charge in [-0.3, -0.25) is 0 Å². The summed E-state index contributed by atoms with van der Waals surface area (Å²) in [5, 5.41) is 3.93. The van der Waals surface area contributed by atoms with Crippen LogP contribution in [0.3, 0.4) is 0 Å². The summed E-state index contributed by atoms with van der Waals surface area (Å²) in [6, 6.07) is 0.836. The van der Waals surface area contributed by atoms with Crippen molar-refractivity contribution in [3.05, 3.63) is 0 Å². The molecule has 0 heterocycles. The quantitative estimate of drug-likeness (QED) is 0.139. The van der Waals surface area contributed by atoms with Crippen molar-refractivity contribution in [3.8, 4) is 0 Å². The number of nitrogens with zero attached hydrogens (tertiary/aromatic N) is 1. The van der Waals surface area contributed by atoms with Gasteiger partial charge in [0.15, 0.2) is 0 Å². The molecule has 0 saturated carbocycles. The number of hydrogen-bond acceptors (Lipinski definition) is 8. The molecular formula is C23H54N2O6Si3. The molecule has 1 atom stereocenters. The summed E-state index contributed by atoms with van der Waals surface area (Å²) in [6.45, 7) is 9.95. The molecule has 0 aliphatic rings. The van der Waals surface area contributed by atoms with Crippen LogP contribution in [0.15, 0.2) is 0 Å². The lowest BCUT2D eigenvalue weighted by Crippen LogP contribution is -2.51. The van der Waals surface area contributed by atoms with Crippen LogP contribution >= 0.6 is 0 Å². The van der Waals surface area contributed by atoms with Gasteiger partial charge in [-0.2, -0.15) is 0 Å². The predicted molar refractivity (Wildman–Crippen MR) is 145 cm³/mol. The van der Waals surface area contributed by atoms with E-state index in [9.17, 15) is 0 Å². The largest absolute Gasteiger partial charge is 0.500 e. The summed E-state index contributed by atoms with van der Waals surface area (Å²) in [6.07, 6.45) is 9.29. The Kier molecular flexibility index (Phi) is 21.6. The van der Waals surface area contributed by atoms with Crippen molar-refractivity contribution in [2.45, 2.75) is 76.9 Å². The molecule has 0 aliphatic carbocycles. The molecular weight excluding hydrogens is 485 g/mol. The third kappa shape index (κ3) is 14.2. The maximum Gasteiger partial charge on any atom is 0.500 e. The first-order chi connectivity index (χ1) is 16.4. The van der Waals surface area contributed by atoms with Gasteiger partial charge in [-0.05, 0) is 73.4 Å². The van der Waals surface area contributed by atoms with Crippen molar-refractivity contribution in [2.75, 3.05) is 74.5 Å². The summed E-state index contributed by atoms with van der Waals surface area (Å²) in [5.41, 5.74) is 0. The minimum atomic E-state index is -2.66. The average molecular weight is 539 g/mol. The van der Waals surface area contributed by atoms with Crippen LogP contribution in [-0.2, 0) is 26.6 Å². The Bertz CT molecular complexity index is 437. The van der Waals surface area contributed by atoms with Crippen molar-refractivity contribution < 1.29 is 26.6 Å². The van der Waals surface area contributed by atoms with E-state index >= 15 is 0 Å². The summed E-state index contributed by atoms with van der Waals surface area (Å²) >= 11 is 0. The molecule has 0 spiro atoms. The van der Waals surface area contributed by atoms with Crippen LogP contribution in [0.25, 0.3) is 0 Å². The van der Waals surface area contributed by atoms with Gasteiger partial charge in [0.05, 0.1) is 9.52 Å². The Labute approximate surface area is 215 Å². The van der Waals surface area contributed by atoms with E-state index in [1.807, 2.05) is 20.8 Å². The molecule has 1 N–H and O–H groups in total. The molecule has 8 nitrogen and oxygen atoms in total. The van der Waals surface area contributed by atoms with Gasteiger partial charge < -0.3 is 36.8 Å². The molecule has 0 aliphatic heterocycles. The van der Waals surface area contributed by atoms with E-state index in [4.69, 9.17) is 26.6 Å². The Morgan fingerprint density at radius 2 is 1.29 bits per heavy atom. The zero-order chi connectivity index (χ0) is 25.7. The fourth-order valence-corrected chi connectivity index (χ4v) is 12.0. The van der Waals surface area contributed by atoms with E-state index in [0.29, 0.717) is 34.5 Å². The van der Waals surface area contributed by atoms with Gasteiger partial charge in [-0.25, -0.2) is 0 Å². The van der Waals surface area contributed by atoms with E-state index in [1.54, 1.807) is 21.3 Å². The zero-order valence-electron chi connectivity index (χ0n) is 23.4. The van der Waals surface area contributed by atoms with Crippen LogP contribution in [-0.4, -0.2) is 107 Å². The van der Waals surface area contributed by atoms with Gasteiger partial charge in [0.25, 0.3) is 0 Å². The highest BCUT2D eigenvalue weighted by molar-refractivity contribution is 6.73. The lowest BCUT2D eigenvalue weighted by atomic mass is 10.1. The molecule has 0 fully saturated rings. The minimum absolute atomic E-state index is 0.325. The fourth-order valence-electron chi connectivity index (χ4n) is 4.10. The van der Waals surface area contributed by atoms with Gasteiger partial charge in [0.2, 0.25) is 0 Å². The second-order valence-corrected chi connectivity index (χ2v) is 16.5. The van der Waals surface area contributed by atoms with Crippen LogP contribution in [0, 0.1) is 0 Å². The Morgan fingerprint density at radius 3 is 1.79 bits per heavy atom. The molecule has 0 bridgehead atoms. The summed E-state index contributed by atoms with van der Waals surface area (Å²) in [4.78, 5) is 2.26. The molecule has 0 rings (SSSR count). The van der Waals surface area contributed by atoms with Gasteiger partial charge >= 0.3 is 17.6 Å². The summed E-state index contributed by atoms with van der Waals surface area (Å²) < 4.78 is 35.4. The normalized spacial score (nSPS) is 13.7. The van der Waals surface area contributed by atoms with Crippen LogP contribution in [0.1, 0.15) is 65.7 Å². The van der Waals surface area contributed by atoms with E-state index in [2.05, 4.69) is 24.3 Å². The smallest absolute Gasteiger partial charge is 0.377 e. The maximum absolute atomic E-state index is 5.96. The third-order valence-electron chi connectivity index (χ3n) is 5.78. The molecule has 0 aromatic heterocycles. The van der Waals surface area contributed by atoms with Gasteiger partial charge in [0.1, 0.15) is 0 Å². The lowest BCUT2D eigenvalue weighted by Gasteiger charge is -2.32. The predicted octanol–water partition coefficient (Wildman–Crippen LogP) is 3.78. The van der Waals surface area contributed by atoms with E-state index in [0.717, 1.165) is 31.6 Å². The standard InChI is InChI=1S/C23H54N2O6Si3/c1-9-29-33(30-10-2,31-11-3)21-17-19-24-22-32-23(34(26-6,27-7)28-8)18-15-13-12-14-16-20-25(4)5/h23-24H,9-22H2,1-8H3. The number of rotatable bonds is 25. The highest BCUT2D eigenvalue weighted by atomic mass is 28.4. The average Bonchev–Trinajstić information content (AvgIpc) is 2.81. The lowest BCUT2D eigenvalue weighted by molar-refractivity contribution is 0.0708. The van der Waals surface area contributed by atoms with Gasteiger partial charge in [-0.1, -0.05) is 25.7 Å². The van der Waals surface area contributed by atoms with Crippen LogP contribution < -0.4 is 5.32 Å². The number of unbranched alkanes of at least 4 members (excludes halogenated alkanes) is 4. The van der Waals surface area contributed by atoms with E-state index in [-0.39, 0.29) is 0 Å². The number of nitrogens with one attached hydrogen (secondary N) is 1. The molecule has 34 heavy (non-hydrogen) atoms. The highest BCUT2D eigenvalue weighted by Gasteiger charge is 2.46. The van der Waals surface area contributed by atoms with Crippen molar-refractivity contribution >= 4 is 27.1 Å². The minimum Gasteiger partial charge on any atom is -0.377 e. The van der Waals surface area contributed by atoms with E-state index < -0.39 is 17.6 Å². The maximum atomic E-state index is 5.96. The van der Waals surface area contributed by atoms with Gasteiger partial charge in [0, 0.05) is 52.4 Å². The van der Waals surface area contributed by atoms with Crippen LogP contribution in [0.5, 0.6) is 0 Å². The Hall–Kier alpha value is 0.331. The molecule has 0 aromatic carbocycles. The first-order valence-electron chi connectivity index (χ1n) is 13.0. The van der Waals surface area contributed by atoms with Crippen molar-refractivity contribution in [3.63, 3.8) is 0 Å². The fraction of sp³-hybridized carbons (Fsp3) is 1.00. The van der Waals surface area contributed by atoms with Crippen LogP contribution in [0.2, 0.25) is 11.2 Å². The SMILES string of the molecule is CCO[Si](CCCNC[Si]C(CCCCCCCN(C)C)[Si](OC)(OC)OC)(OCC)OCC. The molecule has 2 radical (unpaired) electrons. The van der Waals surface area contributed by atoms with Gasteiger partial charge in [-0.15, -0.1) is 0 Å². The second-order valence-electron chi connectivity index (χ2n) is 8.59. The highest BCUT2D eigenvalue weighted by Crippen LogP contribution is 2.29. The first-order valence-corrected chi connectivity index (χ1v) is 18.1. The van der Waals surface area contributed by atoms with Crippen molar-refractivity contribution in [1.29, 1.82) is 0 Å². The molecule has 204 valence electrons. The molecule has 0 aromatic rings. The molecule has 0 saturated heterocycles. The molecule has 0 amide bonds. The zero-order valence-corrected chi connectivity index (χ0v) is 26.4. The Balaban J connectivity index is 4.56. The Morgan fingerprint density at radius 1 is 0.765 bits per heavy atom. The summed E-state index contributed by atoms with van der Waals surface area (Å²) in [5.74, 6) is 0. The summed E-state index contributed by atoms with van der Waals surface area (Å²) in [7, 11) is 4.94. The molecule has 11 heteroatoms.